The second kappa shape index (κ2) is 7.99. The molecule has 9 heteroatoms. The molecule has 160 valence electrons. The van der Waals surface area contributed by atoms with Crippen molar-refractivity contribution < 1.29 is 9.53 Å². The molecule has 1 atom stereocenters. The first-order valence-corrected chi connectivity index (χ1v) is 10.5. The number of ether oxygens (including phenoxy) is 1. The Labute approximate surface area is 183 Å². The molecule has 0 N–H and O–H groups in total. The number of fused-ring (bicyclic) bond motifs is 1. The van der Waals surface area contributed by atoms with E-state index in [-0.39, 0.29) is 5.56 Å². The van der Waals surface area contributed by atoms with E-state index in [9.17, 15) is 9.59 Å². The van der Waals surface area contributed by atoms with Gasteiger partial charge in [-0.3, -0.25) is 14.0 Å². The van der Waals surface area contributed by atoms with Gasteiger partial charge in [0.05, 0.1) is 35.2 Å². The minimum absolute atomic E-state index is 0.205. The van der Waals surface area contributed by atoms with Gasteiger partial charge in [0, 0.05) is 38.6 Å². The number of thiazole rings is 1. The third-order valence-corrected chi connectivity index (χ3v) is 6.16. The lowest BCUT2D eigenvalue weighted by atomic mass is 9.95. The van der Waals surface area contributed by atoms with Crippen LogP contribution in [0.2, 0.25) is 0 Å². The third-order valence-electron chi connectivity index (χ3n) is 5.17. The molecule has 8 nitrogen and oxygen atoms in total. The minimum Gasteiger partial charge on any atom is -0.466 e. The Bertz CT molecular complexity index is 1360. The largest absolute Gasteiger partial charge is 0.466 e. The van der Waals surface area contributed by atoms with Gasteiger partial charge < -0.3 is 9.64 Å². The molecule has 0 unspecified atom stereocenters. The number of aryl methyl sites for hydroxylation is 1. The molecule has 3 heterocycles. The lowest BCUT2D eigenvalue weighted by Crippen LogP contribution is -2.39. The molecule has 0 saturated carbocycles. The van der Waals surface area contributed by atoms with Gasteiger partial charge in [0.1, 0.15) is 0 Å². The van der Waals surface area contributed by atoms with Crippen molar-refractivity contribution in [2.45, 2.75) is 13.0 Å². The van der Waals surface area contributed by atoms with Gasteiger partial charge in [-0.05, 0) is 30.7 Å². The summed E-state index contributed by atoms with van der Waals surface area (Å²) in [6.45, 7) is 1.77. The van der Waals surface area contributed by atoms with Crippen molar-refractivity contribution in [2.75, 3.05) is 26.1 Å². The molecule has 0 spiro atoms. The fourth-order valence-electron chi connectivity index (χ4n) is 3.63. The number of carbonyl (C=O) groups excluding carboxylic acids is 1. The Balaban J connectivity index is 1.95. The molecule has 1 aromatic carbocycles. The van der Waals surface area contributed by atoms with Gasteiger partial charge in [-0.15, -0.1) is 0 Å². The molecule has 0 amide bonds. The van der Waals surface area contributed by atoms with Crippen LogP contribution in [0.15, 0.2) is 57.7 Å². The van der Waals surface area contributed by atoms with Gasteiger partial charge >= 0.3 is 5.97 Å². The van der Waals surface area contributed by atoms with E-state index in [0.717, 1.165) is 16.8 Å². The molecule has 31 heavy (non-hydrogen) atoms. The van der Waals surface area contributed by atoms with Crippen LogP contribution >= 0.6 is 11.3 Å². The SMILES string of the molecule is COC(=O)C1=C(C)N=c2sc(=Cc3cnn(C)c3)c(=O)n2[C@H]1c1ccc(N(C)C)cc1. The van der Waals surface area contributed by atoms with Crippen LogP contribution in [0.25, 0.3) is 6.08 Å². The fourth-order valence-corrected chi connectivity index (χ4v) is 4.68. The van der Waals surface area contributed by atoms with Crippen LogP contribution < -0.4 is 19.8 Å². The highest BCUT2D eigenvalue weighted by molar-refractivity contribution is 7.07. The number of benzene rings is 1. The summed E-state index contributed by atoms with van der Waals surface area (Å²) in [5, 5.41) is 4.15. The molecular weight excluding hydrogens is 414 g/mol. The minimum atomic E-state index is -0.615. The summed E-state index contributed by atoms with van der Waals surface area (Å²) in [5.41, 5.74) is 3.36. The summed E-state index contributed by atoms with van der Waals surface area (Å²) >= 11 is 1.29. The number of carbonyl (C=O) groups is 1. The zero-order valence-electron chi connectivity index (χ0n) is 18.0. The Morgan fingerprint density at radius 2 is 1.97 bits per heavy atom. The Kier molecular flexibility index (Phi) is 5.36. The highest BCUT2D eigenvalue weighted by atomic mass is 32.1. The van der Waals surface area contributed by atoms with E-state index in [2.05, 4.69) is 10.1 Å². The number of aromatic nitrogens is 3. The first kappa shape index (κ1) is 20.8. The molecule has 1 aliphatic heterocycles. The fraction of sp³-hybridized carbons (Fsp3) is 0.273. The molecule has 0 fully saturated rings. The molecule has 4 rings (SSSR count). The van der Waals surface area contributed by atoms with Crippen molar-refractivity contribution in [3.63, 3.8) is 0 Å². The summed E-state index contributed by atoms with van der Waals surface area (Å²) < 4.78 is 8.82. The van der Waals surface area contributed by atoms with Crippen LogP contribution in [0.1, 0.15) is 24.1 Å². The molecular formula is C22H23N5O3S. The second-order valence-corrected chi connectivity index (χ2v) is 8.52. The number of methoxy groups -OCH3 is 1. The number of rotatable bonds is 4. The normalized spacial score (nSPS) is 16.2. The summed E-state index contributed by atoms with van der Waals surface area (Å²) in [5.74, 6) is -0.496. The molecule has 0 bridgehead atoms. The standard InChI is InChI=1S/C22H23N5O3S/c1-13-18(21(29)30-5)19(15-6-8-16(9-7-15)25(2)3)27-20(28)17(31-22(27)24-13)10-14-11-23-26(4)12-14/h6-12,19H,1-5H3/t19-/m0/s1. The number of allylic oxidation sites excluding steroid dienone is 1. The Morgan fingerprint density at radius 1 is 1.26 bits per heavy atom. The summed E-state index contributed by atoms with van der Waals surface area (Å²) in [6, 6.07) is 7.17. The number of hydrogen-bond acceptors (Lipinski definition) is 7. The van der Waals surface area contributed by atoms with Crippen LogP contribution in [0, 0.1) is 0 Å². The predicted molar refractivity (Wildman–Crippen MR) is 120 cm³/mol. The van der Waals surface area contributed by atoms with E-state index in [0.29, 0.717) is 20.6 Å². The molecule has 1 aliphatic rings. The van der Waals surface area contributed by atoms with Gasteiger partial charge in [-0.25, -0.2) is 9.79 Å². The van der Waals surface area contributed by atoms with Crippen LogP contribution in [-0.4, -0.2) is 41.5 Å². The summed E-state index contributed by atoms with van der Waals surface area (Å²) in [4.78, 5) is 33.2. The quantitative estimate of drug-likeness (QED) is 0.573. The second-order valence-electron chi connectivity index (χ2n) is 7.51. The first-order chi connectivity index (χ1) is 14.8. The predicted octanol–water partition coefficient (Wildman–Crippen LogP) is 1.21. The van der Waals surface area contributed by atoms with Gasteiger partial charge in [0.2, 0.25) is 0 Å². The number of anilines is 1. The van der Waals surface area contributed by atoms with Crippen LogP contribution in [0.4, 0.5) is 5.69 Å². The zero-order valence-corrected chi connectivity index (χ0v) is 18.8. The van der Waals surface area contributed by atoms with Crippen molar-refractivity contribution >= 4 is 29.1 Å². The molecule has 0 radical (unpaired) electrons. The van der Waals surface area contributed by atoms with Crippen LogP contribution in [0.5, 0.6) is 0 Å². The molecule has 3 aromatic rings. The van der Waals surface area contributed by atoms with E-state index in [1.165, 1.54) is 18.4 Å². The summed E-state index contributed by atoms with van der Waals surface area (Å²) in [6.07, 6.45) is 5.32. The van der Waals surface area contributed by atoms with Crippen molar-refractivity contribution in [1.82, 2.24) is 14.3 Å². The van der Waals surface area contributed by atoms with E-state index in [1.807, 2.05) is 56.5 Å². The zero-order chi connectivity index (χ0) is 22.3. The van der Waals surface area contributed by atoms with E-state index in [1.54, 1.807) is 28.4 Å². The number of nitrogens with zero attached hydrogens (tertiary/aromatic N) is 5. The highest BCUT2D eigenvalue weighted by Gasteiger charge is 2.33. The lowest BCUT2D eigenvalue weighted by molar-refractivity contribution is -0.136. The Morgan fingerprint density at radius 3 is 2.55 bits per heavy atom. The maximum atomic E-state index is 13.4. The van der Waals surface area contributed by atoms with Gasteiger partial charge in [0.15, 0.2) is 4.80 Å². The average Bonchev–Trinajstić information content (AvgIpc) is 3.29. The van der Waals surface area contributed by atoms with Crippen molar-refractivity contribution in [3.8, 4) is 0 Å². The van der Waals surface area contributed by atoms with Gasteiger partial charge in [0.25, 0.3) is 5.56 Å². The summed E-state index contributed by atoms with van der Waals surface area (Å²) in [7, 11) is 7.07. The molecule has 0 aliphatic carbocycles. The highest BCUT2D eigenvalue weighted by Crippen LogP contribution is 2.31. The number of hydrogen-bond donors (Lipinski definition) is 0. The van der Waals surface area contributed by atoms with Gasteiger partial charge in [-0.1, -0.05) is 23.5 Å². The first-order valence-electron chi connectivity index (χ1n) is 9.67. The van der Waals surface area contributed by atoms with E-state index >= 15 is 0 Å². The van der Waals surface area contributed by atoms with Crippen molar-refractivity contribution in [3.05, 3.63) is 78.7 Å². The average molecular weight is 438 g/mol. The van der Waals surface area contributed by atoms with E-state index < -0.39 is 12.0 Å². The van der Waals surface area contributed by atoms with Crippen molar-refractivity contribution in [2.24, 2.45) is 12.0 Å². The van der Waals surface area contributed by atoms with Crippen molar-refractivity contribution in [1.29, 1.82) is 0 Å². The lowest BCUT2D eigenvalue weighted by Gasteiger charge is -2.25. The maximum absolute atomic E-state index is 13.4. The number of esters is 1. The van der Waals surface area contributed by atoms with Crippen LogP contribution in [-0.2, 0) is 16.6 Å². The van der Waals surface area contributed by atoms with E-state index in [4.69, 9.17) is 4.74 Å². The Hall–Kier alpha value is -3.46. The van der Waals surface area contributed by atoms with Crippen LogP contribution in [0.3, 0.4) is 0 Å². The maximum Gasteiger partial charge on any atom is 0.338 e. The van der Waals surface area contributed by atoms with Gasteiger partial charge in [-0.2, -0.15) is 5.10 Å². The molecule has 2 aromatic heterocycles. The monoisotopic (exact) mass is 437 g/mol. The molecule has 0 saturated heterocycles. The topological polar surface area (TPSA) is 81.7 Å². The third kappa shape index (κ3) is 3.72. The smallest absolute Gasteiger partial charge is 0.338 e.